The second-order valence-corrected chi connectivity index (χ2v) is 5.02. The number of hydrogen-bond donors (Lipinski definition) is 2. The van der Waals surface area contributed by atoms with Gasteiger partial charge in [-0.1, -0.05) is 6.07 Å². The van der Waals surface area contributed by atoms with Crippen LogP contribution in [0.5, 0.6) is 0 Å². The fraction of sp³-hybridized carbons (Fsp3) is 0.429. The van der Waals surface area contributed by atoms with E-state index in [9.17, 15) is 9.59 Å². The Labute approximate surface area is 111 Å². The molecule has 0 bridgehead atoms. The van der Waals surface area contributed by atoms with Crippen LogP contribution in [0.1, 0.15) is 41.0 Å². The monoisotopic (exact) mass is 263 g/mol. The Balaban J connectivity index is 2.16. The standard InChI is InChI=1S/C14H17NO4/c1-9-14(2,6-7-19-9)15-12(16)10-4-3-5-11(8-10)13(17)18/h3-5,8-9H,6-7H2,1-2H3,(H,15,16)(H,17,18). The molecular formula is C14H17NO4. The Morgan fingerprint density at radius 2 is 2.11 bits per heavy atom. The van der Waals surface area contributed by atoms with Crippen LogP contribution in [-0.4, -0.2) is 35.2 Å². The SMILES string of the molecule is CC1OCCC1(C)NC(=O)c1cccc(C(=O)O)c1. The molecule has 19 heavy (non-hydrogen) atoms. The number of carboxylic acids is 1. The summed E-state index contributed by atoms with van der Waals surface area (Å²) in [5, 5.41) is 11.8. The van der Waals surface area contributed by atoms with Crippen molar-refractivity contribution in [1.82, 2.24) is 5.32 Å². The number of carbonyl (C=O) groups is 2. The maximum absolute atomic E-state index is 12.2. The molecule has 5 nitrogen and oxygen atoms in total. The number of carbonyl (C=O) groups excluding carboxylic acids is 1. The van der Waals surface area contributed by atoms with Crippen LogP contribution in [0.4, 0.5) is 0 Å². The van der Waals surface area contributed by atoms with Crippen LogP contribution >= 0.6 is 0 Å². The molecule has 1 aliphatic heterocycles. The number of aromatic carboxylic acids is 1. The van der Waals surface area contributed by atoms with Gasteiger partial charge < -0.3 is 15.2 Å². The smallest absolute Gasteiger partial charge is 0.335 e. The summed E-state index contributed by atoms with van der Waals surface area (Å²) >= 11 is 0. The average Bonchev–Trinajstić information content (AvgIpc) is 2.69. The van der Waals surface area contributed by atoms with Crippen molar-refractivity contribution in [3.63, 3.8) is 0 Å². The number of rotatable bonds is 3. The van der Waals surface area contributed by atoms with E-state index in [1.807, 2.05) is 13.8 Å². The molecule has 102 valence electrons. The van der Waals surface area contributed by atoms with E-state index in [2.05, 4.69) is 5.32 Å². The summed E-state index contributed by atoms with van der Waals surface area (Å²) in [6.07, 6.45) is 0.692. The van der Waals surface area contributed by atoms with E-state index in [1.165, 1.54) is 12.1 Å². The lowest BCUT2D eigenvalue weighted by Crippen LogP contribution is -2.50. The van der Waals surface area contributed by atoms with Gasteiger partial charge in [0.1, 0.15) is 0 Å². The zero-order valence-electron chi connectivity index (χ0n) is 11.0. The van der Waals surface area contributed by atoms with Crippen LogP contribution in [0.3, 0.4) is 0 Å². The first-order valence-corrected chi connectivity index (χ1v) is 6.20. The summed E-state index contributed by atoms with van der Waals surface area (Å²) in [5.74, 6) is -1.32. The Bertz CT molecular complexity index is 514. The number of benzene rings is 1. The van der Waals surface area contributed by atoms with Crippen LogP contribution in [-0.2, 0) is 4.74 Å². The third-order valence-corrected chi connectivity index (χ3v) is 3.66. The third kappa shape index (κ3) is 2.76. The molecule has 1 fully saturated rings. The van der Waals surface area contributed by atoms with Gasteiger partial charge in [0.25, 0.3) is 5.91 Å². The second-order valence-electron chi connectivity index (χ2n) is 5.02. The van der Waals surface area contributed by atoms with E-state index < -0.39 is 11.5 Å². The van der Waals surface area contributed by atoms with E-state index in [1.54, 1.807) is 12.1 Å². The van der Waals surface area contributed by atoms with E-state index in [0.717, 1.165) is 6.42 Å². The summed E-state index contributed by atoms with van der Waals surface area (Å²) in [7, 11) is 0. The summed E-state index contributed by atoms with van der Waals surface area (Å²) in [6.45, 7) is 4.47. The lowest BCUT2D eigenvalue weighted by molar-refractivity contribution is 0.0696. The molecule has 0 spiro atoms. The highest BCUT2D eigenvalue weighted by atomic mass is 16.5. The molecule has 0 aromatic heterocycles. The van der Waals surface area contributed by atoms with Crippen molar-refractivity contribution in [2.45, 2.75) is 31.9 Å². The topological polar surface area (TPSA) is 75.6 Å². The summed E-state index contributed by atoms with van der Waals surface area (Å²) < 4.78 is 5.46. The van der Waals surface area contributed by atoms with E-state index in [0.29, 0.717) is 12.2 Å². The first-order chi connectivity index (χ1) is 8.92. The molecule has 2 rings (SSSR count). The van der Waals surface area contributed by atoms with Gasteiger partial charge in [0.2, 0.25) is 0 Å². The molecule has 1 aromatic carbocycles. The fourth-order valence-electron chi connectivity index (χ4n) is 2.12. The number of ether oxygens (including phenoxy) is 1. The molecule has 2 atom stereocenters. The van der Waals surface area contributed by atoms with E-state index >= 15 is 0 Å². The minimum absolute atomic E-state index is 0.0564. The van der Waals surface area contributed by atoms with Gasteiger partial charge >= 0.3 is 5.97 Å². The zero-order valence-corrected chi connectivity index (χ0v) is 11.0. The summed E-state index contributed by atoms with van der Waals surface area (Å²) in [6, 6.07) is 6.00. The van der Waals surface area contributed by atoms with Crippen LogP contribution in [0, 0.1) is 0 Å². The van der Waals surface area contributed by atoms with Gasteiger partial charge in [-0.2, -0.15) is 0 Å². The van der Waals surface area contributed by atoms with Crippen molar-refractivity contribution < 1.29 is 19.4 Å². The lowest BCUT2D eigenvalue weighted by atomic mass is 9.94. The molecule has 1 aromatic rings. The first-order valence-electron chi connectivity index (χ1n) is 6.20. The quantitative estimate of drug-likeness (QED) is 0.870. The maximum Gasteiger partial charge on any atom is 0.335 e. The first kappa shape index (κ1) is 13.5. The van der Waals surface area contributed by atoms with Gasteiger partial charge in [-0.3, -0.25) is 4.79 Å². The van der Waals surface area contributed by atoms with Crippen molar-refractivity contribution in [2.24, 2.45) is 0 Å². The number of nitrogens with one attached hydrogen (secondary N) is 1. The van der Waals surface area contributed by atoms with E-state index in [-0.39, 0.29) is 17.6 Å². The minimum Gasteiger partial charge on any atom is -0.478 e. The van der Waals surface area contributed by atoms with Crippen LogP contribution in [0.2, 0.25) is 0 Å². The second kappa shape index (κ2) is 5.01. The van der Waals surface area contributed by atoms with Crippen LogP contribution < -0.4 is 5.32 Å². The molecule has 0 aliphatic carbocycles. The normalized spacial score (nSPS) is 26.1. The van der Waals surface area contributed by atoms with Gasteiger partial charge in [-0.15, -0.1) is 0 Å². The average molecular weight is 263 g/mol. The number of hydrogen-bond acceptors (Lipinski definition) is 3. The lowest BCUT2D eigenvalue weighted by Gasteiger charge is -2.28. The Morgan fingerprint density at radius 1 is 1.42 bits per heavy atom. The van der Waals surface area contributed by atoms with Crippen molar-refractivity contribution in [3.05, 3.63) is 35.4 Å². The van der Waals surface area contributed by atoms with Gasteiger partial charge in [0.15, 0.2) is 0 Å². The molecule has 1 aliphatic rings. The highest BCUT2D eigenvalue weighted by molar-refractivity contribution is 5.97. The van der Waals surface area contributed by atoms with Gasteiger partial charge in [0, 0.05) is 12.2 Å². The van der Waals surface area contributed by atoms with Crippen molar-refractivity contribution in [2.75, 3.05) is 6.61 Å². The largest absolute Gasteiger partial charge is 0.478 e. The van der Waals surface area contributed by atoms with Crippen LogP contribution in [0.15, 0.2) is 24.3 Å². The Kier molecular flexibility index (Phi) is 3.57. The molecule has 1 amide bonds. The molecular weight excluding hydrogens is 246 g/mol. The highest BCUT2D eigenvalue weighted by Gasteiger charge is 2.38. The molecule has 2 unspecified atom stereocenters. The molecule has 0 saturated carbocycles. The zero-order chi connectivity index (χ0) is 14.0. The minimum atomic E-state index is -1.04. The van der Waals surface area contributed by atoms with Crippen LogP contribution in [0.25, 0.3) is 0 Å². The number of carboxylic acid groups (broad SMARTS) is 1. The molecule has 1 heterocycles. The number of amides is 1. The van der Waals surface area contributed by atoms with Crippen molar-refractivity contribution in [3.8, 4) is 0 Å². The molecule has 1 saturated heterocycles. The Morgan fingerprint density at radius 3 is 2.68 bits per heavy atom. The Hall–Kier alpha value is -1.88. The van der Waals surface area contributed by atoms with Gasteiger partial charge in [-0.25, -0.2) is 4.79 Å². The predicted octanol–water partition coefficient (Wildman–Crippen LogP) is 1.68. The predicted molar refractivity (Wildman–Crippen MR) is 69.3 cm³/mol. The van der Waals surface area contributed by atoms with E-state index in [4.69, 9.17) is 9.84 Å². The third-order valence-electron chi connectivity index (χ3n) is 3.66. The van der Waals surface area contributed by atoms with Gasteiger partial charge in [0.05, 0.1) is 17.2 Å². The fourth-order valence-corrected chi connectivity index (χ4v) is 2.12. The molecule has 0 radical (unpaired) electrons. The molecule has 2 N–H and O–H groups in total. The van der Waals surface area contributed by atoms with Crippen molar-refractivity contribution in [1.29, 1.82) is 0 Å². The van der Waals surface area contributed by atoms with Gasteiger partial charge in [-0.05, 0) is 38.5 Å². The van der Waals surface area contributed by atoms with Crippen molar-refractivity contribution >= 4 is 11.9 Å². The summed E-state index contributed by atoms with van der Waals surface area (Å²) in [4.78, 5) is 23.1. The highest BCUT2D eigenvalue weighted by Crippen LogP contribution is 2.25. The summed E-state index contributed by atoms with van der Waals surface area (Å²) in [5.41, 5.74) is 0.0461. The molecule has 5 heteroatoms. The maximum atomic E-state index is 12.2.